The van der Waals surface area contributed by atoms with E-state index in [4.69, 9.17) is 26.7 Å². The zero-order valence-corrected chi connectivity index (χ0v) is 29.0. The fraction of sp³-hybridized carbons (Fsp3) is 0.318. The first-order chi connectivity index (χ1) is 23.9. The molecule has 0 saturated heterocycles. The van der Waals surface area contributed by atoms with E-state index in [1.54, 1.807) is 0 Å². The SMILES string of the molecule is CCCCCCCCC1CCC(c2ccc(Oc3ccc(N)cc3)cc2)(c2ccc(Oc3ccc(N)cc3)cc2)CC1.Nc1ccccc1. The van der Waals surface area contributed by atoms with Gasteiger partial charge in [0, 0.05) is 22.5 Å². The van der Waals surface area contributed by atoms with E-state index in [9.17, 15) is 0 Å². The zero-order chi connectivity index (χ0) is 34.3. The second-order valence-corrected chi connectivity index (χ2v) is 13.4. The Balaban J connectivity index is 0.000000595. The molecule has 256 valence electrons. The molecule has 5 nitrogen and oxygen atoms in total. The number of nitrogen functional groups attached to an aromatic ring is 3. The van der Waals surface area contributed by atoms with E-state index < -0.39 is 0 Å². The van der Waals surface area contributed by atoms with Gasteiger partial charge in [-0.05, 0) is 128 Å². The number of rotatable bonds is 13. The number of hydrogen-bond acceptors (Lipinski definition) is 5. The topological polar surface area (TPSA) is 96.5 Å². The van der Waals surface area contributed by atoms with E-state index in [0.717, 1.165) is 58.8 Å². The lowest BCUT2D eigenvalue weighted by Crippen LogP contribution is -2.33. The summed E-state index contributed by atoms with van der Waals surface area (Å²) in [5, 5.41) is 0. The molecule has 0 atom stereocenters. The molecule has 0 aromatic heterocycles. The van der Waals surface area contributed by atoms with Crippen LogP contribution in [0.4, 0.5) is 17.1 Å². The summed E-state index contributed by atoms with van der Waals surface area (Å²) in [7, 11) is 0. The van der Waals surface area contributed by atoms with Gasteiger partial charge in [-0.1, -0.05) is 94.3 Å². The minimum absolute atomic E-state index is 0.0168. The molecule has 0 bridgehead atoms. The van der Waals surface area contributed by atoms with Crippen molar-refractivity contribution in [1.82, 2.24) is 0 Å². The van der Waals surface area contributed by atoms with Crippen LogP contribution in [0.3, 0.4) is 0 Å². The highest BCUT2D eigenvalue weighted by atomic mass is 16.5. The largest absolute Gasteiger partial charge is 0.457 e. The maximum Gasteiger partial charge on any atom is 0.127 e. The van der Waals surface area contributed by atoms with Crippen molar-refractivity contribution in [2.45, 2.75) is 83.0 Å². The van der Waals surface area contributed by atoms with E-state index in [-0.39, 0.29) is 5.41 Å². The molecule has 5 aromatic rings. The number of nitrogens with two attached hydrogens (primary N) is 3. The van der Waals surface area contributed by atoms with E-state index in [2.05, 4.69) is 55.5 Å². The molecule has 0 aliphatic heterocycles. The summed E-state index contributed by atoms with van der Waals surface area (Å²) >= 11 is 0. The fourth-order valence-corrected chi connectivity index (χ4v) is 6.90. The molecule has 49 heavy (non-hydrogen) atoms. The number of ether oxygens (including phenoxy) is 2. The molecular weight excluding hydrogens is 603 g/mol. The van der Waals surface area contributed by atoms with Gasteiger partial charge in [0.25, 0.3) is 0 Å². The highest BCUT2D eigenvalue weighted by Crippen LogP contribution is 2.48. The number of hydrogen-bond donors (Lipinski definition) is 3. The maximum absolute atomic E-state index is 6.11. The number of benzene rings is 5. The summed E-state index contributed by atoms with van der Waals surface area (Å²) in [6.45, 7) is 2.29. The molecule has 5 aromatic carbocycles. The molecular formula is C44H53N3O2. The average Bonchev–Trinajstić information content (AvgIpc) is 3.13. The Labute approximate surface area is 293 Å². The normalized spacial score (nSPS) is 14.0. The smallest absolute Gasteiger partial charge is 0.127 e. The summed E-state index contributed by atoms with van der Waals surface area (Å²) < 4.78 is 12.2. The molecule has 0 heterocycles. The first kappa shape index (κ1) is 35.4. The van der Waals surface area contributed by atoms with Crippen molar-refractivity contribution < 1.29 is 9.47 Å². The van der Waals surface area contributed by atoms with Gasteiger partial charge >= 0.3 is 0 Å². The van der Waals surface area contributed by atoms with Gasteiger partial charge in [-0.25, -0.2) is 0 Å². The third-order valence-electron chi connectivity index (χ3n) is 9.77. The van der Waals surface area contributed by atoms with E-state index >= 15 is 0 Å². The van der Waals surface area contributed by atoms with Crippen LogP contribution in [0.25, 0.3) is 0 Å². The molecule has 1 fully saturated rings. The van der Waals surface area contributed by atoms with Crippen molar-refractivity contribution in [2.24, 2.45) is 5.92 Å². The second kappa shape index (κ2) is 18.0. The maximum atomic E-state index is 6.11. The number of para-hydroxylation sites is 1. The van der Waals surface area contributed by atoms with Gasteiger partial charge in [0.05, 0.1) is 0 Å². The summed E-state index contributed by atoms with van der Waals surface area (Å²) in [5.74, 6) is 4.08. The van der Waals surface area contributed by atoms with Gasteiger partial charge in [-0.2, -0.15) is 0 Å². The molecule has 0 unspecified atom stereocenters. The second-order valence-electron chi connectivity index (χ2n) is 13.4. The Bertz CT molecular complexity index is 1550. The van der Waals surface area contributed by atoms with Gasteiger partial charge in [-0.15, -0.1) is 0 Å². The van der Waals surface area contributed by atoms with E-state index in [1.807, 2.05) is 78.9 Å². The summed E-state index contributed by atoms with van der Waals surface area (Å²) in [6, 6.07) is 42.0. The molecule has 0 spiro atoms. The van der Waals surface area contributed by atoms with Gasteiger partial charge in [0.1, 0.15) is 23.0 Å². The van der Waals surface area contributed by atoms with Gasteiger partial charge in [-0.3, -0.25) is 0 Å². The zero-order valence-electron chi connectivity index (χ0n) is 29.0. The molecule has 5 heteroatoms. The average molecular weight is 656 g/mol. The molecule has 1 saturated carbocycles. The van der Waals surface area contributed by atoms with Crippen LogP contribution < -0.4 is 26.7 Å². The monoisotopic (exact) mass is 655 g/mol. The van der Waals surface area contributed by atoms with Crippen molar-refractivity contribution in [3.05, 3.63) is 139 Å². The Morgan fingerprint density at radius 1 is 0.490 bits per heavy atom. The van der Waals surface area contributed by atoms with Crippen molar-refractivity contribution in [3.63, 3.8) is 0 Å². The third-order valence-corrected chi connectivity index (χ3v) is 9.77. The Hall–Kier alpha value is -4.90. The molecule has 1 aliphatic rings. The molecule has 1 aliphatic carbocycles. The molecule has 0 amide bonds. The van der Waals surface area contributed by atoms with Crippen LogP contribution in [-0.4, -0.2) is 0 Å². The lowest BCUT2D eigenvalue weighted by molar-refractivity contribution is 0.250. The molecule has 6 N–H and O–H groups in total. The summed E-state index contributed by atoms with van der Waals surface area (Å²) in [6.07, 6.45) is 14.4. The predicted octanol–water partition coefficient (Wildman–Crippen LogP) is 11.9. The quantitative estimate of drug-likeness (QED) is 0.0866. The highest BCUT2D eigenvalue weighted by molar-refractivity contribution is 5.47. The molecule has 0 radical (unpaired) electrons. The fourth-order valence-electron chi connectivity index (χ4n) is 6.90. The minimum Gasteiger partial charge on any atom is -0.457 e. The van der Waals surface area contributed by atoms with Gasteiger partial charge < -0.3 is 26.7 Å². The van der Waals surface area contributed by atoms with Crippen molar-refractivity contribution >= 4 is 17.1 Å². The van der Waals surface area contributed by atoms with Crippen LogP contribution in [-0.2, 0) is 5.41 Å². The van der Waals surface area contributed by atoms with E-state index in [1.165, 1.54) is 68.9 Å². The standard InChI is InChI=1S/C38H46N2O2.C6H7N/c1-2-3-4-5-6-7-8-29-25-27-38(28-26-29,30-9-17-34(18-10-30)41-36-21-13-32(39)14-22-36)31-11-19-35(20-12-31)42-37-23-15-33(40)16-24-37;7-6-4-2-1-3-5-6/h9-24,29H,2-8,25-28,39-40H2,1H3;1-5H,7H2. The first-order valence-electron chi connectivity index (χ1n) is 18.0. The van der Waals surface area contributed by atoms with Gasteiger partial charge in [0.2, 0.25) is 0 Å². The molecule has 6 rings (SSSR count). The minimum atomic E-state index is -0.0168. The van der Waals surface area contributed by atoms with Crippen molar-refractivity contribution in [3.8, 4) is 23.0 Å². The first-order valence-corrected chi connectivity index (χ1v) is 18.0. The Kier molecular flexibility index (Phi) is 13.0. The lowest BCUT2D eigenvalue weighted by Gasteiger charge is -2.41. The van der Waals surface area contributed by atoms with Crippen LogP contribution in [0, 0.1) is 5.92 Å². The van der Waals surface area contributed by atoms with Crippen molar-refractivity contribution in [2.75, 3.05) is 17.2 Å². The van der Waals surface area contributed by atoms with Crippen LogP contribution in [0.15, 0.2) is 127 Å². The van der Waals surface area contributed by atoms with Crippen molar-refractivity contribution in [1.29, 1.82) is 0 Å². The van der Waals surface area contributed by atoms with Crippen LogP contribution >= 0.6 is 0 Å². The summed E-state index contributed by atoms with van der Waals surface area (Å²) in [4.78, 5) is 0. The summed E-state index contributed by atoms with van der Waals surface area (Å²) in [5.41, 5.74) is 22.0. The Morgan fingerprint density at radius 2 is 0.878 bits per heavy atom. The third kappa shape index (κ3) is 10.5. The van der Waals surface area contributed by atoms with Crippen LogP contribution in [0.5, 0.6) is 23.0 Å². The predicted molar refractivity (Wildman–Crippen MR) is 206 cm³/mol. The van der Waals surface area contributed by atoms with Gasteiger partial charge in [0.15, 0.2) is 0 Å². The highest BCUT2D eigenvalue weighted by Gasteiger charge is 2.38. The number of unbranched alkanes of at least 4 members (excludes halogenated alkanes) is 5. The lowest BCUT2D eigenvalue weighted by atomic mass is 9.62. The number of anilines is 3. The Morgan fingerprint density at radius 3 is 1.29 bits per heavy atom. The van der Waals surface area contributed by atoms with Crippen LogP contribution in [0.2, 0.25) is 0 Å². The van der Waals surface area contributed by atoms with E-state index in [0.29, 0.717) is 0 Å². The van der Waals surface area contributed by atoms with Crippen LogP contribution in [0.1, 0.15) is 88.7 Å².